The molecule has 0 aromatic rings. The van der Waals surface area contributed by atoms with Crippen LogP contribution in [-0.2, 0) is 19.1 Å². The summed E-state index contributed by atoms with van der Waals surface area (Å²) in [4.78, 5) is 21.6. The molecule has 0 radical (unpaired) electrons. The number of halogens is 1. The van der Waals surface area contributed by atoms with Crippen LogP contribution in [0, 0.1) is 0 Å². The Hall–Kier alpha value is -0.810. The van der Waals surface area contributed by atoms with Gasteiger partial charge in [-0.3, -0.25) is 0 Å². The largest absolute Gasteiger partial charge is 1.00 e. The second kappa shape index (κ2) is 7.82. The summed E-state index contributed by atoms with van der Waals surface area (Å²) in [6.45, 7) is 3.67. The minimum absolute atomic E-state index is 0. The smallest absolute Gasteiger partial charge is 0.334 e. The molecule has 0 saturated heterocycles. The van der Waals surface area contributed by atoms with Gasteiger partial charge in [-0.05, 0) is 13.8 Å². The minimum atomic E-state index is -1.31. The number of esters is 2. The quantitative estimate of drug-likeness (QED) is 0.384. The van der Waals surface area contributed by atoms with Crippen LogP contribution in [0.15, 0.2) is 0 Å². The van der Waals surface area contributed by atoms with Crippen LogP contribution >= 0.6 is 0 Å². The van der Waals surface area contributed by atoms with Crippen molar-refractivity contribution in [1.82, 2.24) is 0 Å². The van der Waals surface area contributed by atoms with E-state index in [4.69, 9.17) is 5.73 Å². The molecule has 0 aliphatic heterocycles. The van der Waals surface area contributed by atoms with Gasteiger partial charge in [0.2, 0.25) is 6.04 Å². The summed E-state index contributed by atoms with van der Waals surface area (Å²) in [5.74, 6) is -1.51. The highest BCUT2D eigenvalue weighted by Crippen LogP contribution is 1.89. The van der Waals surface area contributed by atoms with Gasteiger partial charge in [-0.25, -0.2) is 9.59 Å². The van der Waals surface area contributed by atoms with E-state index < -0.39 is 18.0 Å². The molecule has 0 saturated carbocycles. The van der Waals surface area contributed by atoms with Gasteiger partial charge in [0.15, 0.2) is 0 Å². The Morgan fingerprint density at radius 2 is 1.46 bits per heavy atom. The Kier molecular flexibility index (Phi) is 8.84. The zero-order valence-corrected chi connectivity index (χ0v) is 8.34. The van der Waals surface area contributed by atoms with Gasteiger partial charge in [0.25, 0.3) is 0 Å². The fourth-order valence-corrected chi connectivity index (χ4v) is 0.560. The Morgan fingerprint density at radius 1 is 1.15 bits per heavy atom. The summed E-state index contributed by atoms with van der Waals surface area (Å²) < 4.78 is 9.01. The molecule has 0 heterocycles. The normalized spacial score (nSPS) is 8.92. The fourth-order valence-electron chi connectivity index (χ4n) is 0.560. The maximum atomic E-state index is 10.8. The number of ether oxygens (including phenoxy) is 2. The average molecular weight is 211 g/mol. The molecule has 0 rings (SSSR count). The molecule has 78 valence electrons. The number of carbonyl (C=O) groups is 2. The Morgan fingerprint density at radius 3 is 1.69 bits per heavy atom. The van der Waals surface area contributed by atoms with Gasteiger partial charge < -0.3 is 27.6 Å². The SMILES string of the molecule is CCOC(=O)C(N)C(=O)OCC.[Cl-]. The molecule has 0 aliphatic carbocycles. The lowest BCUT2D eigenvalue weighted by Gasteiger charge is -2.08. The summed E-state index contributed by atoms with van der Waals surface area (Å²) in [5, 5.41) is 0. The van der Waals surface area contributed by atoms with Gasteiger partial charge in [0.05, 0.1) is 13.2 Å². The number of rotatable bonds is 4. The summed E-state index contributed by atoms with van der Waals surface area (Å²) in [5.41, 5.74) is 5.18. The zero-order chi connectivity index (χ0) is 9.56. The highest BCUT2D eigenvalue weighted by Gasteiger charge is 2.24. The van der Waals surface area contributed by atoms with Crippen LogP contribution in [0.3, 0.4) is 0 Å². The van der Waals surface area contributed by atoms with Gasteiger partial charge >= 0.3 is 11.9 Å². The highest BCUT2D eigenvalue weighted by molar-refractivity contribution is 5.98. The van der Waals surface area contributed by atoms with Crippen molar-refractivity contribution in [3.05, 3.63) is 0 Å². The van der Waals surface area contributed by atoms with Crippen LogP contribution in [-0.4, -0.2) is 31.2 Å². The maximum Gasteiger partial charge on any atom is 0.334 e. The van der Waals surface area contributed by atoms with Crippen molar-refractivity contribution >= 4 is 11.9 Å². The highest BCUT2D eigenvalue weighted by atomic mass is 35.5. The van der Waals surface area contributed by atoms with E-state index in [9.17, 15) is 9.59 Å². The summed E-state index contributed by atoms with van der Waals surface area (Å²) in [6, 6.07) is -1.31. The predicted octanol–water partition coefficient (Wildman–Crippen LogP) is -3.56. The van der Waals surface area contributed by atoms with Crippen LogP contribution in [0.25, 0.3) is 0 Å². The standard InChI is InChI=1S/C7H13NO4.ClH/c1-3-11-6(9)5(8)7(10)12-4-2;/h5H,3-4,8H2,1-2H3;1H/p-1. The number of hydrogen-bond acceptors (Lipinski definition) is 5. The molecule has 0 amide bonds. The first kappa shape index (κ1) is 14.7. The average Bonchev–Trinajstić information content (AvgIpc) is 2.04. The van der Waals surface area contributed by atoms with Crippen molar-refractivity contribution in [3.63, 3.8) is 0 Å². The molecule has 0 spiro atoms. The van der Waals surface area contributed by atoms with E-state index in [-0.39, 0.29) is 25.6 Å². The van der Waals surface area contributed by atoms with Crippen molar-refractivity contribution in [3.8, 4) is 0 Å². The topological polar surface area (TPSA) is 78.6 Å². The van der Waals surface area contributed by atoms with Crippen molar-refractivity contribution in [1.29, 1.82) is 0 Å². The maximum absolute atomic E-state index is 10.8. The molecule has 2 N–H and O–H groups in total. The minimum Gasteiger partial charge on any atom is -1.00 e. The summed E-state index contributed by atoms with van der Waals surface area (Å²) in [7, 11) is 0. The second-order valence-electron chi connectivity index (χ2n) is 1.98. The third-order valence-electron chi connectivity index (χ3n) is 1.08. The molecule has 13 heavy (non-hydrogen) atoms. The molecule has 0 fully saturated rings. The number of hydrogen-bond donors (Lipinski definition) is 1. The Labute approximate surface area is 83.0 Å². The van der Waals surface area contributed by atoms with Gasteiger partial charge in [-0.2, -0.15) is 0 Å². The second-order valence-corrected chi connectivity index (χ2v) is 1.98. The van der Waals surface area contributed by atoms with Crippen LogP contribution < -0.4 is 18.1 Å². The van der Waals surface area contributed by atoms with E-state index in [0.717, 1.165) is 0 Å². The molecular weight excluding hydrogens is 198 g/mol. The summed E-state index contributed by atoms with van der Waals surface area (Å²) >= 11 is 0. The molecule has 0 unspecified atom stereocenters. The van der Waals surface area contributed by atoms with E-state index in [2.05, 4.69) is 9.47 Å². The molecule has 0 bridgehead atoms. The van der Waals surface area contributed by atoms with Gasteiger partial charge in [-0.1, -0.05) is 0 Å². The van der Waals surface area contributed by atoms with Gasteiger partial charge in [0.1, 0.15) is 0 Å². The number of nitrogens with two attached hydrogens (primary N) is 1. The van der Waals surface area contributed by atoms with E-state index in [1.807, 2.05) is 0 Å². The van der Waals surface area contributed by atoms with Crippen molar-refractivity contribution in [2.75, 3.05) is 13.2 Å². The van der Waals surface area contributed by atoms with E-state index in [1.165, 1.54) is 0 Å². The predicted molar refractivity (Wildman–Crippen MR) is 41.2 cm³/mol. The first-order valence-corrected chi connectivity index (χ1v) is 3.72. The molecule has 5 nitrogen and oxygen atoms in total. The molecule has 0 aromatic heterocycles. The molecule has 0 aliphatic rings. The Balaban J connectivity index is 0. The van der Waals surface area contributed by atoms with Crippen LogP contribution in [0.4, 0.5) is 0 Å². The van der Waals surface area contributed by atoms with Crippen LogP contribution in [0.2, 0.25) is 0 Å². The summed E-state index contributed by atoms with van der Waals surface area (Å²) in [6.07, 6.45) is 0. The third-order valence-corrected chi connectivity index (χ3v) is 1.08. The fraction of sp³-hybridized carbons (Fsp3) is 0.714. The molecule has 6 heteroatoms. The van der Waals surface area contributed by atoms with Crippen molar-refractivity contribution in [2.24, 2.45) is 5.73 Å². The lowest BCUT2D eigenvalue weighted by atomic mass is 10.3. The third kappa shape index (κ3) is 5.43. The Bertz CT molecular complexity index is 156. The van der Waals surface area contributed by atoms with E-state index >= 15 is 0 Å². The van der Waals surface area contributed by atoms with Crippen molar-refractivity contribution < 1.29 is 31.5 Å². The first-order valence-electron chi connectivity index (χ1n) is 3.72. The molecule has 0 atom stereocenters. The lowest BCUT2D eigenvalue weighted by molar-refractivity contribution is -0.156. The van der Waals surface area contributed by atoms with Crippen LogP contribution in [0.1, 0.15) is 13.8 Å². The molecule has 0 aromatic carbocycles. The number of carbonyl (C=O) groups excluding carboxylic acids is 2. The van der Waals surface area contributed by atoms with E-state index in [1.54, 1.807) is 13.8 Å². The lowest BCUT2D eigenvalue weighted by Crippen LogP contribution is -3.00. The molecular formula is C7H13ClNO4-. The zero-order valence-electron chi connectivity index (χ0n) is 7.58. The van der Waals surface area contributed by atoms with Crippen LogP contribution in [0.5, 0.6) is 0 Å². The first-order chi connectivity index (χ1) is 5.63. The monoisotopic (exact) mass is 210 g/mol. The van der Waals surface area contributed by atoms with Crippen molar-refractivity contribution in [2.45, 2.75) is 19.9 Å². The van der Waals surface area contributed by atoms with Gasteiger partial charge in [-0.15, -0.1) is 0 Å². The van der Waals surface area contributed by atoms with E-state index in [0.29, 0.717) is 0 Å². The van der Waals surface area contributed by atoms with Gasteiger partial charge in [0, 0.05) is 0 Å².